The smallest absolute Gasteiger partial charge is 0.0897 e. The van der Waals surface area contributed by atoms with Crippen molar-refractivity contribution in [2.75, 3.05) is 46.5 Å². The summed E-state index contributed by atoms with van der Waals surface area (Å²) in [5.74, 6) is 0. The van der Waals surface area contributed by atoms with Gasteiger partial charge in [0.1, 0.15) is 0 Å². The lowest BCUT2D eigenvalue weighted by Crippen LogP contribution is -2.49. The van der Waals surface area contributed by atoms with Gasteiger partial charge in [0.2, 0.25) is 0 Å². The van der Waals surface area contributed by atoms with E-state index in [-0.39, 0.29) is 6.61 Å². The molecule has 2 unspecified atom stereocenters. The summed E-state index contributed by atoms with van der Waals surface area (Å²) in [5.41, 5.74) is 0. The van der Waals surface area contributed by atoms with Gasteiger partial charge >= 0.3 is 0 Å². The number of aliphatic hydroxyl groups excluding tert-OH is 2. The van der Waals surface area contributed by atoms with Gasteiger partial charge in [-0.25, -0.2) is 0 Å². The normalized spacial score (nSPS) is 23.8. The largest absolute Gasteiger partial charge is 0.394 e. The van der Waals surface area contributed by atoms with Crippen LogP contribution in [0, 0.1) is 0 Å². The van der Waals surface area contributed by atoms with Crippen LogP contribution in [0.2, 0.25) is 0 Å². The second-order valence-corrected chi connectivity index (χ2v) is 4.68. The fourth-order valence-electron chi connectivity index (χ4n) is 2.30. The van der Waals surface area contributed by atoms with E-state index in [4.69, 9.17) is 9.84 Å². The second-order valence-electron chi connectivity index (χ2n) is 4.68. The summed E-state index contributed by atoms with van der Waals surface area (Å²) in [6, 6.07) is 0.474. The highest BCUT2D eigenvalue weighted by atomic mass is 16.5. The third-order valence-corrected chi connectivity index (χ3v) is 3.27. The lowest BCUT2D eigenvalue weighted by atomic mass is 10.0. The molecule has 102 valence electrons. The van der Waals surface area contributed by atoms with Crippen molar-refractivity contribution in [2.45, 2.75) is 31.4 Å². The molecule has 0 aromatic heterocycles. The third-order valence-electron chi connectivity index (χ3n) is 3.27. The summed E-state index contributed by atoms with van der Waals surface area (Å²) in [6.45, 7) is 3.97. The van der Waals surface area contributed by atoms with Gasteiger partial charge in [-0.2, -0.15) is 0 Å². The molecule has 0 radical (unpaired) electrons. The maximum Gasteiger partial charge on any atom is 0.0897 e. The molecule has 1 saturated heterocycles. The topological polar surface area (TPSA) is 65.0 Å². The number of rotatable bonds is 8. The van der Waals surface area contributed by atoms with Gasteiger partial charge in [-0.3, -0.25) is 4.90 Å². The minimum atomic E-state index is -0.616. The van der Waals surface area contributed by atoms with Crippen LogP contribution in [-0.2, 0) is 4.74 Å². The zero-order valence-corrected chi connectivity index (χ0v) is 10.8. The van der Waals surface area contributed by atoms with Crippen LogP contribution >= 0.6 is 0 Å². The molecule has 3 N–H and O–H groups in total. The number of likely N-dealkylation sites (tertiary alicyclic amines) is 1. The molecule has 0 amide bonds. The van der Waals surface area contributed by atoms with Crippen LogP contribution in [0.1, 0.15) is 19.3 Å². The SMILES string of the molecule is COCCNCC1CCCCN1CC(O)CO. The Bertz CT molecular complexity index is 193. The molecular formula is C12H26N2O3. The summed E-state index contributed by atoms with van der Waals surface area (Å²) < 4.78 is 4.99. The Morgan fingerprint density at radius 1 is 1.47 bits per heavy atom. The Balaban J connectivity index is 2.26. The molecule has 0 saturated carbocycles. The molecule has 5 heteroatoms. The predicted octanol–water partition coefficient (Wildman–Crippen LogP) is -0.570. The molecule has 1 rings (SSSR count). The predicted molar refractivity (Wildman–Crippen MR) is 67.1 cm³/mol. The Hall–Kier alpha value is -0.200. The van der Waals surface area contributed by atoms with E-state index >= 15 is 0 Å². The average Bonchev–Trinajstić information content (AvgIpc) is 2.36. The highest BCUT2D eigenvalue weighted by Gasteiger charge is 2.23. The molecule has 5 nitrogen and oxygen atoms in total. The maximum absolute atomic E-state index is 9.51. The number of nitrogens with one attached hydrogen (secondary N) is 1. The Morgan fingerprint density at radius 2 is 2.29 bits per heavy atom. The molecule has 0 aromatic carbocycles. The average molecular weight is 246 g/mol. The van der Waals surface area contributed by atoms with Crippen molar-refractivity contribution in [1.82, 2.24) is 10.2 Å². The fourth-order valence-corrected chi connectivity index (χ4v) is 2.30. The number of methoxy groups -OCH3 is 1. The lowest BCUT2D eigenvalue weighted by Gasteiger charge is -2.36. The fraction of sp³-hybridized carbons (Fsp3) is 1.00. The summed E-state index contributed by atoms with van der Waals surface area (Å²) in [6.07, 6.45) is 2.99. The number of nitrogens with zero attached hydrogens (tertiary/aromatic N) is 1. The van der Waals surface area contributed by atoms with Gasteiger partial charge in [0.15, 0.2) is 0 Å². The molecule has 1 aliphatic rings. The van der Waals surface area contributed by atoms with Crippen LogP contribution in [0.25, 0.3) is 0 Å². The van der Waals surface area contributed by atoms with Crippen LogP contribution < -0.4 is 5.32 Å². The van der Waals surface area contributed by atoms with Crippen molar-refractivity contribution in [2.24, 2.45) is 0 Å². The number of hydrogen-bond acceptors (Lipinski definition) is 5. The highest BCUT2D eigenvalue weighted by molar-refractivity contribution is 4.80. The molecule has 0 aromatic rings. The second kappa shape index (κ2) is 8.83. The van der Waals surface area contributed by atoms with Crippen LogP contribution in [0.4, 0.5) is 0 Å². The van der Waals surface area contributed by atoms with Crippen molar-refractivity contribution in [3.05, 3.63) is 0 Å². The van der Waals surface area contributed by atoms with Crippen LogP contribution in [-0.4, -0.2) is 73.8 Å². The Kier molecular flexibility index (Phi) is 7.72. The van der Waals surface area contributed by atoms with E-state index in [1.807, 2.05) is 0 Å². The van der Waals surface area contributed by atoms with E-state index in [2.05, 4.69) is 10.2 Å². The first-order chi connectivity index (χ1) is 8.27. The molecule has 17 heavy (non-hydrogen) atoms. The minimum Gasteiger partial charge on any atom is -0.394 e. The molecule has 1 heterocycles. The number of aliphatic hydroxyl groups is 2. The van der Waals surface area contributed by atoms with E-state index < -0.39 is 6.10 Å². The van der Waals surface area contributed by atoms with Gasteiger partial charge in [0, 0.05) is 32.8 Å². The quantitative estimate of drug-likeness (QED) is 0.501. The molecule has 0 aliphatic carbocycles. The molecular weight excluding hydrogens is 220 g/mol. The maximum atomic E-state index is 9.51. The Morgan fingerprint density at radius 3 is 3.00 bits per heavy atom. The van der Waals surface area contributed by atoms with Crippen molar-refractivity contribution in [3.8, 4) is 0 Å². The summed E-state index contributed by atoms with van der Waals surface area (Å²) in [4.78, 5) is 2.28. The van der Waals surface area contributed by atoms with Gasteiger partial charge in [-0.15, -0.1) is 0 Å². The van der Waals surface area contributed by atoms with Gasteiger partial charge in [0.25, 0.3) is 0 Å². The lowest BCUT2D eigenvalue weighted by molar-refractivity contribution is 0.0329. The van der Waals surface area contributed by atoms with Crippen LogP contribution in [0.3, 0.4) is 0 Å². The summed E-state index contributed by atoms with van der Waals surface area (Å²) >= 11 is 0. The van der Waals surface area contributed by atoms with Crippen LogP contribution in [0.15, 0.2) is 0 Å². The number of β-amino-alcohol motifs (C(OH)–C–C–N with tert-alkyl or cyclic N) is 1. The van der Waals surface area contributed by atoms with Crippen LogP contribution in [0.5, 0.6) is 0 Å². The summed E-state index contributed by atoms with van der Waals surface area (Å²) in [5, 5.41) is 21.8. The highest BCUT2D eigenvalue weighted by Crippen LogP contribution is 2.16. The molecule has 1 fully saturated rings. The van der Waals surface area contributed by atoms with Crippen molar-refractivity contribution < 1.29 is 14.9 Å². The Labute approximate surface area is 104 Å². The van der Waals surface area contributed by atoms with Gasteiger partial charge in [0.05, 0.1) is 19.3 Å². The number of ether oxygens (including phenoxy) is 1. The molecule has 0 spiro atoms. The van der Waals surface area contributed by atoms with Gasteiger partial charge < -0.3 is 20.3 Å². The van der Waals surface area contributed by atoms with E-state index in [0.717, 1.165) is 32.7 Å². The van der Waals surface area contributed by atoms with E-state index in [1.165, 1.54) is 12.8 Å². The molecule has 1 aliphatic heterocycles. The first-order valence-electron chi connectivity index (χ1n) is 6.50. The van der Waals surface area contributed by atoms with Gasteiger partial charge in [-0.05, 0) is 19.4 Å². The van der Waals surface area contributed by atoms with E-state index in [1.54, 1.807) is 7.11 Å². The zero-order chi connectivity index (χ0) is 12.5. The zero-order valence-electron chi connectivity index (χ0n) is 10.8. The number of piperidine rings is 1. The van der Waals surface area contributed by atoms with E-state index in [9.17, 15) is 5.11 Å². The monoisotopic (exact) mass is 246 g/mol. The van der Waals surface area contributed by atoms with Crippen molar-refractivity contribution in [3.63, 3.8) is 0 Å². The minimum absolute atomic E-state index is 0.152. The summed E-state index contributed by atoms with van der Waals surface area (Å²) in [7, 11) is 1.70. The first kappa shape index (κ1) is 14.9. The van der Waals surface area contributed by atoms with Crippen molar-refractivity contribution >= 4 is 0 Å². The van der Waals surface area contributed by atoms with Crippen molar-refractivity contribution in [1.29, 1.82) is 0 Å². The standard InChI is InChI=1S/C12H26N2O3/c1-17-7-5-13-8-11-4-2-3-6-14(11)9-12(16)10-15/h11-13,15-16H,2-10H2,1H3. The van der Waals surface area contributed by atoms with Gasteiger partial charge in [-0.1, -0.05) is 6.42 Å². The molecule has 0 bridgehead atoms. The van der Waals surface area contributed by atoms with E-state index in [0.29, 0.717) is 12.6 Å². The molecule has 2 atom stereocenters. The first-order valence-corrected chi connectivity index (χ1v) is 6.50. The third kappa shape index (κ3) is 5.79. The number of hydrogen-bond donors (Lipinski definition) is 3.